The first-order valence-electron chi connectivity index (χ1n) is 19.4. The lowest BCUT2D eigenvalue weighted by atomic mass is 9.97. The number of para-hydroxylation sites is 3. The van der Waals surface area contributed by atoms with Crippen LogP contribution in [0.2, 0.25) is 0 Å². The second-order valence-electron chi connectivity index (χ2n) is 14.5. The van der Waals surface area contributed by atoms with Crippen LogP contribution >= 0.6 is 11.3 Å². The average Bonchev–Trinajstić information content (AvgIpc) is 3.83. The standard InChI is InChI=1S/C54H36N2S/c1-4-17-37(18-5-1)42-23-10-13-28-49(42)55(40-21-8-3-9-22-40)41-32-34-46-45-24-11-14-29-50(45)56(52(46)36-41)51-35-39(31-33-43(51)38-19-6-2-7-20-38)44-26-16-27-48-47-25-12-15-30-53(47)57-54(44)48/h1-36H. The second kappa shape index (κ2) is 13.8. The molecule has 0 saturated carbocycles. The molecule has 11 aromatic rings. The van der Waals surface area contributed by atoms with Crippen molar-refractivity contribution in [1.82, 2.24) is 4.57 Å². The zero-order valence-corrected chi connectivity index (χ0v) is 31.9. The molecule has 2 heterocycles. The van der Waals surface area contributed by atoms with Crippen LogP contribution in [0.25, 0.3) is 81.0 Å². The smallest absolute Gasteiger partial charge is 0.0562 e. The minimum atomic E-state index is 1.09. The summed E-state index contributed by atoms with van der Waals surface area (Å²) in [7, 11) is 0. The van der Waals surface area contributed by atoms with E-state index in [0.717, 1.165) is 28.3 Å². The number of nitrogens with zero attached hydrogens (tertiary/aromatic N) is 2. The van der Waals surface area contributed by atoms with Crippen molar-refractivity contribution in [1.29, 1.82) is 0 Å². The van der Waals surface area contributed by atoms with Gasteiger partial charge in [-0.3, -0.25) is 0 Å². The molecule has 0 unspecified atom stereocenters. The van der Waals surface area contributed by atoms with E-state index >= 15 is 0 Å². The molecule has 0 radical (unpaired) electrons. The van der Waals surface area contributed by atoms with E-state index in [4.69, 9.17) is 0 Å². The Bertz CT molecular complexity index is 3230. The van der Waals surface area contributed by atoms with E-state index in [1.807, 2.05) is 11.3 Å². The lowest BCUT2D eigenvalue weighted by Gasteiger charge is -2.28. The molecule has 268 valence electrons. The van der Waals surface area contributed by atoms with Gasteiger partial charge in [0.2, 0.25) is 0 Å². The largest absolute Gasteiger partial charge is 0.310 e. The molecule has 0 amide bonds. The van der Waals surface area contributed by atoms with Gasteiger partial charge in [-0.15, -0.1) is 11.3 Å². The summed E-state index contributed by atoms with van der Waals surface area (Å²) >= 11 is 1.88. The van der Waals surface area contributed by atoms with Gasteiger partial charge < -0.3 is 9.47 Å². The summed E-state index contributed by atoms with van der Waals surface area (Å²) < 4.78 is 5.13. The fourth-order valence-electron chi connectivity index (χ4n) is 8.61. The van der Waals surface area contributed by atoms with Gasteiger partial charge in [-0.05, 0) is 70.8 Å². The zero-order valence-electron chi connectivity index (χ0n) is 31.1. The highest BCUT2D eigenvalue weighted by molar-refractivity contribution is 7.26. The lowest BCUT2D eigenvalue weighted by molar-refractivity contribution is 1.18. The Morgan fingerprint density at radius 3 is 1.77 bits per heavy atom. The molecule has 0 spiro atoms. The van der Waals surface area contributed by atoms with E-state index in [-0.39, 0.29) is 0 Å². The first-order valence-corrected chi connectivity index (χ1v) is 20.3. The predicted molar refractivity (Wildman–Crippen MR) is 245 cm³/mol. The van der Waals surface area contributed by atoms with Crippen LogP contribution in [0.5, 0.6) is 0 Å². The number of rotatable bonds is 7. The topological polar surface area (TPSA) is 8.17 Å². The molecule has 0 atom stereocenters. The molecule has 2 aromatic heterocycles. The molecule has 9 aromatic carbocycles. The van der Waals surface area contributed by atoms with Crippen LogP contribution in [0.4, 0.5) is 17.1 Å². The highest BCUT2D eigenvalue weighted by Crippen LogP contribution is 2.45. The Balaban J connectivity index is 1.19. The predicted octanol–water partition coefficient (Wildman–Crippen LogP) is 15.6. The van der Waals surface area contributed by atoms with Crippen LogP contribution in [0.3, 0.4) is 0 Å². The summed E-state index contributed by atoms with van der Waals surface area (Å²) in [5, 5.41) is 5.06. The third-order valence-corrected chi connectivity index (χ3v) is 12.4. The van der Waals surface area contributed by atoms with Crippen molar-refractivity contribution in [2.75, 3.05) is 4.90 Å². The maximum Gasteiger partial charge on any atom is 0.0562 e. The summed E-state index contributed by atoms with van der Waals surface area (Å²) in [5.41, 5.74) is 14.0. The van der Waals surface area contributed by atoms with E-state index in [9.17, 15) is 0 Å². The van der Waals surface area contributed by atoms with Crippen LogP contribution in [-0.2, 0) is 0 Å². The quantitative estimate of drug-likeness (QED) is 0.158. The molecule has 3 heteroatoms. The van der Waals surface area contributed by atoms with Gasteiger partial charge in [-0.1, -0.05) is 170 Å². The molecular weight excluding hydrogens is 709 g/mol. The molecule has 2 nitrogen and oxygen atoms in total. The third kappa shape index (κ3) is 5.63. The van der Waals surface area contributed by atoms with Crippen LogP contribution in [0.15, 0.2) is 218 Å². The average molecular weight is 745 g/mol. The number of aromatic nitrogens is 1. The van der Waals surface area contributed by atoms with Crippen molar-refractivity contribution in [2.45, 2.75) is 0 Å². The minimum absolute atomic E-state index is 1.09. The monoisotopic (exact) mass is 744 g/mol. The SMILES string of the molecule is c1ccc(-c2ccccc2N(c2ccccc2)c2ccc3c4ccccc4n(-c4cc(-c5cccc6c5sc5ccccc56)ccc4-c4ccccc4)c3c2)cc1. The first-order chi connectivity index (χ1) is 28.3. The van der Waals surface area contributed by atoms with E-state index in [1.54, 1.807) is 0 Å². The van der Waals surface area contributed by atoms with Gasteiger partial charge in [-0.25, -0.2) is 0 Å². The van der Waals surface area contributed by atoms with Crippen molar-refractivity contribution < 1.29 is 0 Å². The fourth-order valence-corrected chi connectivity index (χ4v) is 9.85. The van der Waals surface area contributed by atoms with Crippen molar-refractivity contribution in [3.8, 4) is 39.1 Å². The van der Waals surface area contributed by atoms with Crippen molar-refractivity contribution in [3.05, 3.63) is 218 Å². The van der Waals surface area contributed by atoms with Gasteiger partial charge in [0.05, 0.1) is 22.4 Å². The highest BCUT2D eigenvalue weighted by atomic mass is 32.1. The van der Waals surface area contributed by atoms with Crippen molar-refractivity contribution in [2.24, 2.45) is 0 Å². The van der Waals surface area contributed by atoms with Crippen LogP contribution in [0.1, 0.15) is 0 Å². The Morgan fingerprint density at radius 2 is 0.965 bits per heavy atom. The van der Waals surface area contributed by atoms with E-state index in [2.05, 4.69) is 228 Å². The molecule has 0 aliphatic carbocycles. The molecule has 0 aliphatic rings. The van der Waals surface area contributed by atoms with Crippen LogP contribution in [0, 0.1) is 0 Å². The Kier molecular flexibility index (Phi) is 8.04. The molecule has 57 heavy (non-hydrogen) atoms. The third-order valence-electron chi connectivity index (χ3n) is 11.2. The lowest BCUT2D eigenvalue weighted by Crippen LogP contribution is -2.11. The number of thiophene rings is 1. The summed E-state index contributed by atoms with van der Waals surface area (Å²) in [6.45, 7) is 0. The molecule has 0 aliphatic heterocycles. The highest BCUT2D eigenvalue weighted by Gasteiger charge is 2.22. The maximum atomic E-state index is 2.50. The molecule has 0 fully saturated rings. The number of fused-ring (bicyclic) bond motifs is 6. The zero-order chi connectivity index (χ0) is 37.7. The summed E-state index contributed by atoms with van der Waals surface area (Å²) in [5.74, 6) is 0. The summed E-state index contributed by atoms with van der Waals surface area (Å²) in [6.07, 6.45) is 0. The Hall–Kier alpha value is -7.20. The summed E-state index contributed by atoms with van der Waals surface area (Å²) in [4.78, 5) is 2.40. The van der Waals surface area contributed by atoms with Crippen molar-refractivity contribution in [3.63, 3.8) is 0 Å². The van der Waals surface area contributed by atoms with Gasteiger partial charge in [-0.2, -0.15) is 0 Å². The van der Waals surface area contributed by atoms with E-state index in [1.165, 1.54) is 69.8 Å². The number of hydrogen-bond donors (Lipinski definition) is 0. The van der Waals surface area contributed by atoms with Crippen LogP contribution in [-0.4, -0.2) is 4.57 Å². The molecule has 0 bridgehead atoms. The summed E-state index contributed by atoms with van der Waals surface area (Å²) in [6, 6.07) is 79.4. The second-order valence-corrected chi connectivity index (χ2v) is 15.5. The van der Waals surface area contributed by atoms with Gasteiger partial charge >= 0.3 is 0 Å². The van der Waals surface area contributed by atoms with E-state index < -0.39 is 0 Å². The molecule has 0 N–H and O–H groups in total. The Labute approximate surface area is 335 Å². The maximum absolute atomic E-state index is 2.50. The normalized spacial score (nSPS) is 11.5. The molecule has 0 saturated heterocycles. The van der Waals surface area contributed by atoms with Crippen LogP contribution < -0.4 is 4.90 Å². The van der Waals surface area contributed by atoms with Crippen molar-refractivity contribution >= 4 is 70.4 Å². The van der Waals surface area contributed by atoms with Gasteiger partial charge in [0.15, 0.2) is 0 Å². The number of benzene rings is 9. The molecular formula is C54H36N2S. The molecule has 11 rings (SSSR count). The van der Waals surface area contributed by atoms with E-state index in [0.29, 0.717) is 0 Å². The minimum Gasteiger partial charge on any atom is -0.310 e. The first kappa shape index (κ1) is 33.2. The van der Waals surface area contributed by atoms with Gasteiger partial charge in [0, 0.05) is 53.4 Å². The number of anilines is 3. The van der Waals surface area contributed by atoms with Gasteiger partial charge in [0.25, 0.3) is 0 Å². The fraction of sp³-hybridized carbons (Fsp3) is 0. The number of hydrogen-bond acceptors (Lipinski definition) is 2. The Morgan fingerprint density at radius 1 is 0.351 bits per heavy atom. The van der Waals surface area contributed by atoms with Gasteiger partial charge in [0.1, 0.15) is 0 Å².